The number of nitrogens with zero attached hydrogens (tertiary/aromatic N) is 3. The van der Waals surface area contributed by atoms with Crippen LogP contribution >= 0.6 is 0 Å². The number of amides is 3. The van der Waals surface area contributed by atoms with Crippen LogP contribution in [-0.4, -0.2) is 83.6 Å². The van der Waals surface area contributed by atoms with Crippen molar-refractivity contribution in [2.45, 2.75) is 88.0 Å². The van der Waals surface area contributed by atoms with Crippen LogP contribution in [0.3, 0.4) is 0 Å². The number of anilines is 2. The standard InChI is InChI=1S/C33H43N5O8Si/c1-20-30(47(2,3)45)28(17-29(40)36-14-6-9-24(36)19-39)46-33(20)25-16-23(38(43)44)11-12-27(25)37(32(33)42)18-21-7-4-8-22(15-21)35-31(41)26-10-5-13-34-26/h4,7-8,11-12,15-16,20,24,26,28,30,34,39,45H,5-6,9-10,13-14,17-19H2,1-3H3,(H,35,41)/t20-,24+,26-,28+,30-,33+/m1/s1. The number of fused-ring (bicyclic) bond motifs is 2. The maximum Gasteiger partial charge on any atom is 0.269 e. The number of non-ortho nitro benzene ring substituents is 1. The molecule has 2 aromatic rings. The molecule has 13 nitrogen and oxygen atoms in total. The zero-order valence-electron chi connectivity index (χ0n) is 27.0. The SMILES string of the molecule is C[C@@H]1[C@@H]([Si](C)(C)O)[C@H](CC(=O)N2CCC[C@H]2CO)O[C@@]12C(=O)N(Cc1cccc(NC(=O)[C@H]3CCCN3)c1)c1ccc([N+](=O)[O-])cc12. The number of nitro benzene ring substituents is 1. The van der Waals surface area contributed by atoms with Crippen molar-refractivity contribution in [1.82, 2.24) is 10.2 Å². The molecular formula is C33H43N5O8Si. The summed E-state index contributed by atoms with van der Waals surface area (Å²) in [7, 11) is -3.09. The van der Waals surface area contributed by atoms with Crippen LogP contribution in [-0.2, 0) is 31.3 Å². The molecule has 14 heteroatoms. The molecule has 47 heavy (non-hydrogen) atoms. The Labute approximate surface area is 274 Å². The number of hydrogen-bond acceptors (Lipinski definition) is 9. The summed E-state index contributed by atoms with van der Waals surface area (Å²) in [6, 6.07) is 11.0. The molecule has 4 aliphatic heterocycles. The van der Waals surface area contributed by atoms with E-state index in [0.29, 0.717) is 29.9 Å². The molecule has 3 saturated heterocycles. The van der Waals surface area contributed by atoms with Crippen molar-refractivity contribution in [1.29, 1.82) is 0 Å². The van der Waals surface area contributed by atoms with E-state index in [-0.39, 0.29) is 49.2 Å². The van der Waals surface area contributed by atoms with Gasteiger partial charge in [0.05, 0.1) is 48.4 Å². The molecule has 4 N–H and O–H groups in total. The minimum atomic E-state index is -3.09. The molecule has 0 saturated carbocycles. The Hall–Kier alpha value is -3.69. The normalized spacial score (nSPS) is 28.7. The van der Waals surface area contributed by atoms with Crippen molar-refractivity contribution in [3.05, 3.63) is 63.7 Å². The van der Waals surface area contributed by atoms with Gasteiger partial charge in [-0.15, -0.1) is 0 Å². The van der Waals surface area contributed by atoms with Gasteiger partial charge >= 0.3 is 0 Å². The largest absolute Gasteiger partial charge is 0.432 e. The average Bonchev–Trinajstić information content (AvgIpc) is 3.81. The summed E-state index contributed by atoms with van der Waals surface area (Å²) < 4.78 is 6.72. The quantitative estimate of drug-likeness (QED) is 0.178. The molecule has 0 aromatic heterocycles. The summed E-state index contributed by atoms with van der Waals surface area (Å²) >= 11 is 0. The van der Waals surface area contributed by atoms with Gasteiger partial charge in [0, 0.05) is 41.4 Å². The fraction of sp³-hybridized carbons (Fsp3) is 0.545. The third-order valence-electron chi connectivity index (χ3n) is 10.4. The average molecular weight is 666 g/mol. The second kappa shape index (κ2) is 12.7. The van der Waals surface area contributed by atoms with Crippen LogP contribution in [0.1, 0.15) is 50.2 Å². The number of aliphatic hydroxyl groups excluding tert-OH is 1. The first-order valence-corrected chi connectivity index (χ1v) is 19.4. The zero-order chi connectivity index (χ0) is 33.7. The van der Waals surface area contributed by atoms with E-state index >= 15 is 0 Å². The summed E-state index contributed by atoms with van der Waals surface area (Å²) in [5.74, 6) is -1.37. The third-order valence-corrected chi connectivity index (χ3v) is 12.9. The maximum atomic E-state index is 14.7. The molecule has 1 spiro atoms. The van der Waals surface area contributed by atoms with Crippen LogP contribution < -0.4 is 15.5 Å². The Morgan fingerprint density at radius 2 is 1.98 bits per heavy atom. The van der Waals surface area contributed by atoms with Gasteiger partial charge in [-0.05, 0) is 69.1 Å². The first kappa shape index (κ1) is 33.2. The van der Waals surface area contributed by atoms with Crippen molar-refractivity contribution in [2.24, 2.45) is 5.92 Å². The minimum absolute atomic E-state index is 0.0839. The van der Waals surface area contributed by atoms with Crippen LogP contribution in [0.25, 0.3) is 0 Å². The molecule has 6 atom stereocenters. The molecule has 4 heterocycles. The second-order valence-corrected chi connectivity index (χ2v) is 17.8. The van der Waals surface area contributed by atoms with Gasteiger partial charge in [-0.2, -0.15) is 0 Å². The number of aliphatic hydroxyl groups is 1. The number of hydrogen-bond donors (Lipinski definition) is 4. The number of nitrogens with one attached hydrogen (secondary N) is 2. The van der Waals surface area contributed by atoms with Crippen molar-refractivity contribution in [2.75, 3.05) is 29.9 Å². The van der Waals surface area contributed by atoms with E-state index in [1.54, 1.807) is 47.2 Å². The summed E-state index contributed by atoms with van der Waals surface area (Å²) in [5.41, 5.74) is -0.281. The highest BCUT2D eigenvalue weighted by atomic mass is 28.4. The van der Waals surface area contributed by atoms with Gasteiger partial charge in [-0.1, -0.05) is 19.1 Å². The Morgan fingerprint density at radius 1 is 1.19 bits per heavy atom. The first-order chi connectivity index (χ1) is 22.3. The van der Waals surface area contributed by atoms with Gasteiger partial charge in [0.25, 0.3) is 11.6 Å². The molecule has 2 aromatic carbocycles. The van der Waals surface area contributed by atoms with Gasteiger partial charge in [0.1, 0.15) is 0 Å². The summed E-state index contributed by atoms with van der Waals surface area (Å²) in [5, 5.41) is 27.9. The van der Waals surface area contributed by atoms with Crippen molar-refractivity contribution in [3.8, 4) is 0 Å². The molecule has 0 bridgehead atoms. The minimum Gasteiger partial charge on any atom is -0.432 e. The predicted octanol–water partition coefficient (Wildman–Crippen LogP) is 3.00. The van der Waals surface area contributed by atoms with Gasteiger partial charge in [0.2, 0.25) is 11.8 Å². The lowest BCUT2D eigenvalue weighted by molar-refractivity contribution is -0.385. The third kappa shape index (κ3) is 5.97. The summed E-state index contributed by atoms with van der Waals surface area (Å²) in [6.45, 7) is 6.60. The lowest BCUT2D eigenvalue weighted by atomic mass is 9.82. The molecule has 3 fully saturated rings. The number of carbonyl (C=O) groups excluding carboxylic acids is 3. The van der Waals surface area contributed by atoms with Crippen LogP contribution in [0.4, 0.5) is 17.1 Å². The van der Waals surface area contributed by atoms with Crippen LogP contribution in [0.5, 0.6) is 0 Å². The Bertz CT molecular complexity index is 1580. The lowest BCUT2D eigenvalue weighted by Gasteiger charge is -2.32. The molecule has 4 aliphatic rings. The Kier molecular flexibility index (Phi) is 9.00. The molecule has 0 radical (unpaired) electrons. The summed E-state index contributed by atoms with van der Waals surface area (Å²) in [4.78, 5) is 67.2. The van der Waals surface area contributed by atoms with Gasteiger partial charge in [0.15, 0.2) is 13.9 Å². The number of ether oxygens (including phenoxy) is 1. The van der Waals surface area contributed by atoms with E-state index in [2.05, 4.69) is 10.6 Å². The predicted molar refractivity (Wildman–Crippen MR) is 176 cm³/mol. The van der Waals surface area contributed by atoms with E-state index in [9.17, 15) is 34.4 Å². The van der Waals surface area contributed by atoms with Crippen LogP contribution in [0.15, 0.2) is 42.5 Å². The topological polar surface area (TPSA) is 175 Å². The molecule has 0 aliphatic carbocycles. The highest BCUT2D eigenvalue weighted by Gasteiger charge is 2.66. The van der Waals surface area contributed by atoms with E-state index in [1.165, 1.54) is 12.1 Å². The Morgan fingerprint density at radius 3 is 2.66 bits per heavy atom. The van der Waals surface area contributed by atoms with E-state index in [4.69, 9.17) is 4.74 Å². The van der Waals surface area contributed by atoms with Crippen molar-refractivity contribution >= 4 is 43.1 Å². The smallest absolute Gasteiger partial charge is 0.269 e. The zero-order valence-corrected chi connectivity index (χ0v) is 28.0. The van der Waals surface area contributed by atoms with Gasteiger partial charge in [-0.25, -0.2) is 0 Å². The molecule has 252 valence electrons. The highest BCUT2D eigenvalue weighted by molar-refractivity contribution is 6.71. The fourth-order valence-electron chi connectivity index (χ4n) is 8.25. The molecular weight excluding hydrogens is 622 g/mol. The van der Waals surface area contributed by atoms with Gasteiger partial charge in [-0.3, -0.25) is 24.5 Å². The van der Waals surface area contributed by atoms with Crippen LogP contribution in [0, 0.1) is 16.0 Å². The second-order valence-electron chi connectivity index (χ2n) is 13.8. The highest BCUT2D eigenvalue weighted by Crippen LogP contribution is 2.60. The number of nitro groups is 1. The number of benzene rings is 2. The number of rotatable bonds is 9. The van der Waals surface area contributed by atoms with E-state index < -0.39 is 42.3 Å². The van der Waals surface area contributed by atoms with Crippen LogP contribution in [0.2, 0.25) is 18.6 Å². The summed E-state index contributed by atoms with van der Waals surface area (Å²) in [6.07, 6.45) is 2.27. The Balaban J connectivity index is 1.34. The van der Waals surface area contributed by atoms with Crippen molar-refractivity contribution < 1.29 is 33.9 Å². The lowest BCUT2D eigenvalue weighted by Crippen LogP contribution is -2.46. The number of carbonyl (C=O) groups is 3. The first-order valence-electron chi connectivity index (χ1n) is 16.4. The van der Waals surface area contributed by atoms with E-state index in [1.807, 2.05) is 13.0 Å². The van der Waals surface area contributed by atoms with Gasteiger partial charge < -0.3 is 35.1 Å². The van der Waals surface area contributed by atoms with Crippen molar-refractivity contribution in [3.63, 3.8) is 0 Å². The maximum absolute atomic E-state index is 14.7. The molecule has 0 unspecified atom stereocenters. The fourth-order valence-corrected chi connectivity index (χ4v) is 10.8. The molecule has 3 amide bonds. The monoisotopic (exact) mass is 665 g/mol. The number of likely N-dealkylation sites (tertiary alicyclic amines) is 1. The molecule has 6 rings (SSSR count). The van der Waals surface area contributed by atoms with E-state index in [0.717, 1.165) is 31.4 Å².